The molecule has 1 saturated heterocycles. The minimum atomic E-state index is 0. The fraction of sp³-hybridized carbons (Fsp3) is 0.875. The van der Waals surface area contributed by atoms with E-state index in [1.807, 2.05) is 0 Å². The van der Waals surface area contributed by atoms with Crippen molar-refractivity contribution in [2.45, 2.75) is 28.2 Å². The Bertz CT molecular complexity index is 93.5. The zero-order chi connectivity index (χ0) is 7.98. The smallest absolute Gasteiger partial charge is 0.279 e. The second-order valence-electron chi connectivity index (χ2n) is 2.79. The van der Waals surface area contributed by atoms with Crippen LogP contribution in [-0.2, 0) is 0 Å². The quantitative estimate of drug-likeness (QED) is 0.616. The predicted molar refractivity (Wildman–Crippen MR) is 53.1 cm³/mol. The number of thioether (sulfide) groups is 1. The Morgan fingerprint density at radius 1 is 1.45 bits per heavy atom. The summed E-state index contributed by atoms with van der Waals surface area (Å²) < 4.78 is 0. The second-order valence-corrected chi connectivity index (χ2v) is 3.86. The van der Waals surface area contributed by atoms with Crippen LogP contribution in [-0.4, -0.2) is 17.5 Å². The molecule has 0 spiro atoms. The van der Waals surface area contributed by atoms with E-state index in [0.29, 0.717) is 0 Å². The molecule has 0 unspecified atom stereocenters. The Morgan fingerprint density at radius 3 is 2.00 bits per heavy atom. The van der Waals surface area contributed by atoms with E-state index >= 15 is 0 Å². The van der Waals surface area contributed by atoms with Crippen molar-refractivity contribution in [1.82, 2.24) is 5.32 Å². The van der Waals surface area contributed by atoms with Crippen LogP contribution in [0.1, 0.15) is 28.2 Å². The molecule has 0 aromatic carbocycles. The van der Waals surface area contributed by atoms with Crippen molar-refractivity contribution >= 4 is 17.0 Å². The third-order valence-corrected chi connectivity index (χ3v) is 1.42. The molecule has 1 heterocycles. The average molecular weight is 177 g/mol. The molecule has 1 aliphatic rings. The van der Waals surface area contributed by atoms with Crippen LogP contribution < -0.4 is 5.32 Å². The molecular weight excluding hydrogens is 158 g/mol. The molecule has 68 valence electrons. The van der Waals surface area contributed by atoms with E-state index in [1.54, 1.807) is 0 Å². The maximum absolute atomic E-state index is 10.1. The molecule has 0 aromatic rings. The maximum Gasteiger partial charge on any atom is 0.279 e. The number of amides is 1. The zero-order valence-electron chi connectivity index (χ0n) is 6.81. The summed E-state index contributed by atoms with van der Waals surface area (Å²) in [4.78, 5) is 10.1. The van der Waals surface area contributed by atoms with E-state index < -0.39 is 0 Å². The number of hydrogen-bond donors (Lipinski definition) is 1. The highest BCUT2D eigenvalue weighted by atomic mass is 32.2. The summed E-state index contributed by atoms with van der Waals surface area (Å²) in [5.74, 6) is 1.78. The molecular formula is C8H19NOS. The molecule has 0 saturated carbocycles. The van der Waals surface area contributed by atoms with Gasteiger partial charge in [-0.25, -0.2) is 0 Å². The van der Waals surface area contributed by atoms with Crippen molar-refractivity contribution in [2.75, 3.05) is 12.3 Å². The topological polar surface area (TPSA) is 29.1 Å². The number of rotatable bonds is 0. The van der Waals surface area contributed by atoms with Crippen LogP contribution in [0.3, 0.4) is 0 Å². The van der Waals surface area contributed by atoms with Crippen LogP contribution in [0, 0.1) is 5.92 Å². The van der Waals surface area contributed by atoms with Gasteiger partial charge in [0.05, 0.1) is 0 Å². The van der Waals surface area contributed by atoms with E-state index in [9.17, 15) is 4.79 Å². The zero-order valence-corrected chi connectivity index (χ0v) is 7.62. The van der Waals surface area contributed by atoms with Crippen molar-refractivity contribution in [3.8, 4) is 0 Å². The molecule has 1 fully saturated rings. The van der Waals surface area contributed by atoms with Gasteiger partial charge in [0.25, 0.3) is 5.24 Å². The van der Waals surface area contributed by atoms with E-state index in [1.165, 1.54) is 11.8 Å². The minimum absolute atomic E-state index is 0. The summed E-state index contributed by atoms with van der Waals surface area (Å²) in [6, 6.07) is 0. The van der Waals surface area contributed by atoms with Gasteiger partial charge in [-0.2, -0.15) is 0 Å². The molecule has 1 N–H and O–H groups in total. The van der Waals surface area contributed by atoms with Gasteiger partial charge in [0.15, 0.2) is 0 Å². The maximum atomic E-state index is 10.1. The first-order valence-electron chi connectivity index (χ1n) is 3.53. The van der Waals surface area contributed by atoms with Crippen LogP contribution in [0.4, 0.5) is 4.79 Å². The van der Waals surface area contributed by atoms with E-state index in [2.05, 4.69) is 26.1 Å². The Morgan fingerprint density at radius 2 is 1.91 bits per heavy atom. The van der Waals surface area contributed by atoms with Crippen molar-refractivity contribution < 1.29 is 4.79 Å². The second kappa shape index (κ2) is 7.92. The number of nitrogens with one attached hydrogen (secondary N) is 1. The molecule has 0 aromatic heterocycles. The summed E-state index contributed by atoms with van der Waals surface area (Å²) in [5, 5.41) is 2.76. The first-order valence-corrected chi connectivity index (χ1v) is 4.52. The number of hydrogen-bond acceptors (Lipinski definition) is 2. The molecule has 2 nitrogen and oxygen atoms in total. The van der Waals surface area contributed by atoms with Crippen LogP contribution in [0.2, 0.25) is 0 Å². The molecule has 1 aliphatic heterocycles. The SMILES string of the molecule is C.CC(C)C.O=C1NCCS1. The fourth-order valence-electron chi connectivity index (χ4n) is 0.348. The van der Waals surface area contributed by atoms with Crippen molar-refractivity contribution in [3.63, 3.8) is 0 Å². The van der Waals surface area contributed by atoms with Crippen LogP contribution in [0.15, 0.2) is 0 Å². The van der Waals surface area contributed by atoms with Gasteiger partial charge in [-0.1, -0.05) is 40.0 Å². The highest BCUT2D eigenvalue weighted by Gasteiger charge is 2.06. The average Bonchev–Trinajstić information content (AvgIpc) is 2.15. The van der Waals surface area contributed by atoms with Gasteiger partial charge in [0.1, 0.15) is 0 Å². The van der Waals surface area contributed by atoms with Gasteiger partial charge in [0, 0.05) is 12.3 Å². The van der Waals surface area contributed by atoms with Gasteiger partial charge in [-0.15, -0.1) is 0 Å². The Balaban J connectivity index is 0. The van der Waals surface area contributed by atoms with Gasteiger partial charge in [-0.3, -0.25) is 4.79 Å². The van der Waals surface area contributed by atoms with Crippen LogP contribution >= 0.6 is 11.8 Å². The normalized spacial score (nSPS) is 14.7. The van der Waals surface area contributed by atoms with Gasteiger partial charge in [-0.05, 0) is 5.92 Å². The van der Waals surface area contributed by atoms with E-state index in [0.717, 1.165) is 18.2 Å². The standard InChI is InChI=1S/C4H10.C3H5NOS.CH4/c1-4(2)3;5-3-4-1-2-6-3;/h4H,1-3H3;1-2H2,(H,4,5);1H4. The van der Waals surface area contributed by atoms with Crippen molar-refractivity contribution in [1.29, 1.82) is 0 Å². The van der Waals surface area contributed by atoms with E-state index in [-0.39, 0.29) is 12.7 Å². The molecule has 11 heavy (non-hydrogen) atoms. The van der Waals surface area contributed by atoms with Crippen molar-refractivity contribution in [3.05, 3.63) is 0 Å². The van der Waals surface area contributed by atoms with Crippen LogP contribution in [0.5, 0.6) is 0 Å². The lowest BCUT2D eigenvalue weighted by Gasteiger charge is -1.79. The molecule has 0 atom stereocenters. The summed E-state index contributed by atoms with van der Waals surface area (Å²) in [6.45, 7) is 7.35. The van der Waals surface area contributed by atoms with Crippen molar-refractivity contribution in [2.24, 2.45) is 5.92 Å². The number of carbonyl (C=O) groups excluding carboxylic acids is 1. The fourth-order valence-corrected chi connectivity index (χ4v) is 0.941. The molecule has 3 heteroatoms. The largest absolute Gasteiger partial charge is 0.346 e. The highest BCUT2D eigenvalue weighted by Crippen LogP contribution is 2.04. The minimum Gasteiger partial charge on any atom is -0.346 e. The Kier molecular flexibility index (Phi) is 9.66. The van der Waals surface area contributed by atoms with Crippen LogP contribution in [0.25, 0.3) is 0 Å². The lowest BCUT2D eigenvalue weighted by atomic mass is 10.3. The number of carbonyl (C=O) groups is 1. The Hall–Kier alpha value is -0.180. The van der Waals surface area contributed by atoms with Gasteiger partial charge >= 0.3 is 0 Å². The first kappa shape index (κ1) is 13.4. The summed E-state index contributed by atoms with van der Waals surface area (Å²) in [7, 11) is 0. The van der Waals surface area contributed by atoms with Gasteiger partial charge in [0.2, 0.25) is 0 Å². The van der Waals surface area contributed by atoms with E-state index in [4.69, 9.17) is 0 Å². The first-order chi connectivity index (χ1) is 4.63. The summed E-state index contributed by atoms with van der Waals surface area (Å²) >= 11 is 1.35. The lowest BCUT2D eigenvalue weighted by Crippen LogP contribution is -2.10. The third-order valence-electron chi connectivity index (χ3n) is 0.605. The summed E-state index contributed by atoms with van der Waals surface area (Å²) in [6.07, 6.45) is 0. The van der Waals surface area contributed by atoms with Gasteiger partial charge < -0.3 is 5.32 Å². The summed E-state index contributed by atoms with van der Waals surface area (Å²) in [5.41, 5.74) is 0. The molecule has 0 aliphatic carbocycles. The molecule has 0 radical (unpaired) electrons. The molecule has 1 amide bonds. The Labute approximate surface area is 74.1 Å². The molecule has 1 rings (SSSR count). The monoisotopic (exact) mass is 177 g/mol. The highest BCUT2D eigenvalue weighted by molar-refractivity contribution is 8.13. The molecule has 0 bridgehead atoms. The lowest BCUT2D eigenvalue weighted by molar-refractivity contribution is 0.262. The predicted octanol–water partition coefficient (Wildman–Crippen LogP) is 2.74. The third kappa shape index (κ3) is 12.9.